The Morgan fingerprint density at radius 3 is 1.15 bits per heavy atom. The van der Waals surface area contributed by atoms with Crippen molar-refractivity contribution in [1.82, 2.24) is 0 Å². The van der Waals surface area contributed by atoms with Gasteiger partial charge in [-0.2, -0.15) is 0 Å². The van der Waals surface area contributed by atoms with Crippen LogP contribution in [0.5, 0.6) is 0 Å². The van der Waals surface area contributed by atoms with Crippen molar-refractivity contribution in [3.63, 3.8) is 0 Å². The van der Waals surface area contributed by atoms with Crippen LogP contribution in [0.3, 0.4) is 0 Å². The van der Waals surface area contributed by atoms with E-state index in [0.717, 1.165) is 25.7 Å². The third kappa shape index (κ3) is 5.13. The number of rotatable bonds is 6. The normalized spacial score (nSPS) is 11.0. The Hall–Kier alpha value is -0.900. The molecule has 140 valence electrons. The van der Waals surface area contributed by atoms with E-state index in [1.54, 1.807) is 0 Å². The van der Waals surface area contributed by atoms with Gasteiger partial charge in [-0.25, -0.2) is 0 Å². The fraction of sp³-hybridized carbons (Fsp3) is 0.250. The molecular weight excluding hydrogens is 528 g/mol. The molecule has 0 aliphatic rings. The van der Waals surface area contributed by atoms with Crippen molar-refractivity contribution in [3.8, 4) is 0 Å². The Morgan fingerprint density at radius 1 is 0.481 bits per heavy atom. The first-order chi connectivity index (χ1) is 13.0. The van der Waals surface area contributed by atoms with Crippen LogP contribution in [0.15, 0.2) is 68.0 Å². The molecule has 0 bridgehead atoms. The minimum absolute atomic E-state index is 1.03. The first-order valence-corrected chi connectivity index (χ1v) is 11.6. The lowest BCUT2D eigenvalue weighted by Crippen LogP contribution is -1.99. The van der Waals surface area contributed by atoms with Gasteiger partial charge in [0.2, 0.25) is 0 Å². The number of hydrogen-bond donors (Lipinski definition) is 0. The molecule has 0 saturated heterocycles. The second-order valence-corrected chi connectivity index (χ2v) is 9.37. The molecule has 3 rings (SSSR count). The smallest absolute Gasteiger partial charge is 0.0239 e. The summed E-state index contributed by atoms with van der Waals surface area (Å²) in [6.45, 7) is 4.29. The van der Waals surface area contributed by atoms with Crippen molar-refractivity contribution in [2.24, 2.45) is 0 Å². The third-order valence-corrected chi connectivity index (χ3v) is 8.32. The quantitative estimate of drug-likeness (QED) is 0.290. The lowest BCUT2D eigenvalue weighted by atomic mass is 9.98. The predicted octanol–water partition coefficient (Wildman–Crippen LogP) is 8.16. The van der Waals surface area contributed by atoms with Crippen molar-refractivity contribution >= 4 is 47.8 Å². The molecule has 3 aromatic carbocycles. The number of benzene rings is 3. The molecule has 0 amide bonds. The molecule has 0 fully saturated rings. The van der Waals surface area contributed by atoms with E-state index < -0.39 is 0 Å². The molecule has 3 aromatic rings. The first kappa shape index (κ1) is 20.8. The molecule has 0 N–H and O–H groups in total. The molecule has 0 saturated carbocycles. The summed E-state index contributed by atoms with van der Waals surface area (Å²) in [6.07, 6.45) is 4.14. The minimum atomic E-state index is 1.03. The van der Waals surface area contributed by atoms with Crippen molar-refractivity contribution < 1.29 is 0 Å². The van der Waals surface area contributed by atoms with Gasteiger partial charge in [0, 0.05) is 13.4 Å². The second kappa shape index (κ2) is 9.54. The van der Waals surface area contributed by atoms with Crippen LogP contribution < -0.4 is 0 Å². The highest BCUT2D eigenvalue weighted by atomic mass is 79.9. The van der Waals surface area contributed by atoms with Gasteiger partial charge in [-0.15, -0.1) is 0 Å². The largest absolute Gasteiger partial charge is 0.0617 e. The summed E-state index contributed by atoms with van der Waals surface area (Å²) in [6, 6.07) is 19.7. The van der Waals surface area contributed by atoms with E-state index in [4.69, 9.17) is 0 Å². The van der Waals surface area contributed by atoms with Crippen molar-refractivity contribution in [3.05, 3.63) is 101 Å². The molecule has 0 aliphatic carbocycles. The highest BCUT2D eigenvalue weighted by Gasteiger charge is 2.09. The highest BCUT2D eigenvalue weighted by molar-refractivity contribution is 9.11. The van der Waals surface area contributed by atoms with Crippen molar-refractivity contribution in [2.45, 2.75) is 39.5 Å². The lowest BCUT2D eigenvalue weighted by Gasteiger charge is -2.12. The van der Waals surface area contributed by atoms with Gasteiger partial charge in [0.25, 0.3) is 0 Å². The van der Waals surface area contributed by atoms with Gasteiger partial charge in [-0.3, -0.25) is 0 Å². The molecule has 0 spiro atoms. The van der Waals surface area contributed by atoms with Crippen LogP contribution in [0.2, 0.25) is 0 Å². The monoisotopic (exact) mass is 548 g/mol. The van der Waals surface area contributed by atoms with E-state index in [1.807, 2.05) is 0 Å². The van der Waals surface area contributed by atoms with E-state index >= 15 is 0 Å². The van der Waals surface area contributed by atoms with Gasteiger partial charge < -0.3 is 0 Å². The van der Waals surface area contributed by atoms with Gasteiger partial charge in [0.1, 0.15) is 0 Å². The minimum Gasteiger partial charge on any atom is -0.0617 e. The topological polar surface area (TPSA) is 0 Å². The van der Waals surface area contributed by atoms with Gasteiger partial charge in [-0.1, -0.05) is 102 Å². The average molecular weight is 551 g/mol. The van der Waals surface area contributed by atoms with Crippen LogP contribution in [0.1, 0.15) is 33.4 Å². The van der Waals surface area contributed by atoms with E-state index in [9.17, 15) is 0 Å². The maximum absolute atomic E-state index is 3.87. The Bertz CT molecular complexity index is 871. The second-order valence-electron chi connectivity index (χ2n) is 6.99. The molecule has 0 radical (unpaired) electrons. The predicted molar refractivity (Wildman–Crippen MR) is 127 cm³/mol. The van der Waals surface area contributed by atoms with Gasteiger partial charge in [0.15, 0.2) is 0 Å². The van der Waals surface area contributed by atoms with E-state index in [-0.39, 0.29) is 0 Å². The average Bonchev–Trinajstić information content (AvgIpc) is 2.66. The molecule has 0 aromatic heterocycles. The Morgan fingerprint density at radius 2 is 0.778 bits per heavy atom. The molecule has 0 atom stereocenters. The molecular formula is C24H23Br3. The van der Waals surface area contributed by atoms with E-state index in [2.05, 4.69) is 116 Å². The van der Waals surface area contributed by atoms with Gasteiger partial charge in [0.05, 0.1) is 0 Å². The zero-order valence-electron chi connectivity index (χ0n) is 15.7. The fourth-order valence-corrected chi connectivity index (χ4v) is 4.95. The SMILES string of the molecule is Cc1cccc(CCc2cccc(CCc3cccc(C)c3Br)c2Br)c1Br. The van der Waals surface area contributed by atoms with Crippen LogP contribution in [0.4, 0.5) is 0 Å². The zero-order chi connectivity index (χ0) is 19.4. The zero-order valence-corrected chi connectivity index (χ0v) is 20.4. The van der Waals surface area contributed by atoms with Crippen LogP contribution in [0, 0.1) is 13.8 Å². The van der Waals surface area contributed by atoms with Crippen LogP contribution >= 0.6 is 47.8 Å². The Labute approximate surface area is 187 Å². The van der Waals surface area contributed by atoms with Crippen molar-refractivity contribution in [2.75, 3.05) is 0 Å². The van der Waals surface area contributed by atoms with Crippen LogP contribution in [-0.4, -0.2) is 0 Å². The number of hydrogen-bond acceptors (Lipinski definition) is 0. The Balaban J connectivity index is 1.72. The third-order valence-electron chi connectivity index (χ3n) is 5.03. The molecule has 0 heterocycles. The van der Waals surface area contributed by atoms with Crippen LogP contribution in [-0.2, 0) is 25.7 Å². The van der Waals surface area contributed by atoms with Crippen molar-refractivity contribution in [1.29, 1.82) is 0 Å². The highest BCUT2D eigenvalue weighted by Crippen LogP contribution is 2.28. The van der Waals surface area contributed by atoms with Gasteiger partial charge in [-0.05, 0) is 72.9 Å². The lowest BCUT2D eigenvalue weighted by molar-refractivity contribution is 0.914. The molecule has 0 nitrogen and oxygen atoms in total. The summed E-state index contributed by atoms with van der Waals surface area (Å²) in [4.78, 5) is 0. The summed E-state index contributed by atoms with van der Waals surface area (Å²) >= 11 is 11.3. The summed E-state index contributed by atoms with van der Waals surface area (Å²) in [7, 11) is 0. The summed E-state index contributed by atoms with van der Waals surface area (Å²) in [5, 5.41) is 0. The Kier molecular flexibility index (Phi) is 7.35. The van der Waals surface area contributed by atoms with Crippen LogP contribution in [0.25, 0.3) is 0 Å². The summed E-state index contributed by atoms with van der Waals surface area (Å²) in [5.41, 5.74) is 8.09. The number of aryl methyl sites for hydroxylation is 6. The van der Waals surface area contributed by atoms with Gasteiger partial charge >= 0.3 is 0 Å². The van der Waals surface area contributed by atoms with E-state index in [1.165, 1.54) is 46.8 Å². The van der Waals surface area contributed by atoms with E-state index in [0.29, 0.717) is 0 Å². The first-order valence-electron chi connectivity index (χ1n) is 9.21. The summed E-state index contributed by atoms with van der Waals surface area (Å²) < 4.78 is 3.74. The number of halogens is 3. The maximum atomic E-state index is 3.87. The molecule has 0 aliphatic heterocycles. The summed E-state index contributed by atoms with van der Waals surface area (Å²) in [5.74, 6) is 0. The maximum Gasteiger partial charge on any atom is 0.0239 e. The molecule has 3 heteroatoms. The standard InChI is InChI=1S/C24H23Br3/c1-16-6-3-8-18(22(16)25)12-14-20-10-5-11-21(24(20)27)15-13-19-9-4-7-17(2)23(19)26/h3-11H,12-15H2,1-2H3. The molecule has 27 heavy (non-hydrogen) atoms. The fourth-order valence-electron chi connectivity index (χ4n) is 3.36. The molecule has 0 unspecified atom stereocenters.